The van der Waals surface area contributed by atoms with Crippen LogP contribution >= 0.6 is 11.3 Å². The Morgan fingerprint density at radius 3 is 2.26 bits per heavy atom. The summed E-state index contributed by atoms with van der Waals surface area (Å²) in [6.07, 6.45) is 0. The summed E-state index contributed by atoms with van der Waals surface area (Å²) in [5, 5.41) is 4.97. The van der Waals surface area contributed by atoms with E-state index in [4.69, 9.17) is 11.5 Å². The van der Waals surface area contributed by atoms with Gasteiger partial charge in [-0.3, -0.25) is 9.59 Å². The smallest absolute Gasteiger partial charge is 0.248 e. The first-order valence-corrected chi connectivity index (χ1v) is 6.36. The molecule has 5 N–H and O–H groups in total. The largest absolute Gasteiger partial charge is 0.379 e. The highest BCUT2D eigenvalue weighted by molar-refractivity contribution is 7.07. The molecule has 0 unspecified atom stereocenters. The number of primary amides is 2. The molecule has 0 radical (unpaired) electrons. The van der Waals surface area contributed by atoms with E-state index in [-0.39, 0.29) is 11.1 Å². The highest BCUT2D eigenvalue weighted by atomic mass is 32.1. The highest BCUT2D eigenvalue weighted by Crippen LogP contribution is 2.16. The third-order valence-electron chi connectivity index (χ3n) is 2.46. The zero-order valence-electron chi connectivity index (χ0n) is 9.92. The quantitative estimate of drug-likeness (QED) is 0.755. The van der Waals surface area contributed by atoms with E-state index in [9.17, 15) is 9.59 Å². The fourth-order valence-electron chi connectivity index (χ4n) is 1.53. The number of nitrogens with two attached hydrogens (primary N) is 2. The van der Waals surface area contributed by atoms with E-state index in [1.54, 1.807) is 17.6 Å². The Hall–Kier alpha value is -2.41. The second-order valence-corrected chi connectivity index (χ2v) is 4.58. The third kappa shape index (κ3) is 3.29. The Morgan fingerprint density at radius 2 is 1.79 bits per heavy atom. The molecule has 2 amide bonds. The van der Waals surface area contributed by atoms with Crippen molar-refractivity contribution in [3.8, 4) is 0 Å². The number of hydrogen-bond acceptors (Lipinski definition) is 5. The molecule has 0 fully saturated rings. The molecule has 0 aliphatic carbocycles. The Balaban J connectivity index is 2.23. The summed E-state index contributed by atoms with van der Waals surface area (Å²) in [6, 6.07) is 4.51. The molecule has 0 saturated heterocycles. The van der Waals surface area contributed by atoms with Crippen molar-refractivity contribution in [1.29, 1.82) is 0 Å². The van der Waals surface area contributed by atoms with Crippen molar-refractivity contribution >= 4 is 28.8 Å². The van der Waals surface area contributed by atoms with Crippen molar-refractivity contribution in [1.82, 2.24) is 4.98 Å². The summed E-state index contributed by atoms with van der Waals surface area (Å²) in [7, 11) is 0. The Morgan fingerprint density at radius 1 is 1.16 bits per heavy atom. The van der Waals surface area contributed by atoms with Crippen LogP contribution in [0.25, 0.3) is 0 Å². The van der Waals surface area contributed by atoms with Gasteiger partial charge in [0.25, 0.3) is 0 Å². The lowest BCUT2D eigenvalue weighted by Crippen LogP contribution is -2.16. The number of carbonyl (C=O) groups is 2. The molecule has 0 bridgehead atoms. The van der Waals surface area contributed by atoms with Crippen LogP contribution < -0.4 is 16.8 Å². The lowest BCUT2D eigenvalue weighted by molar-refractivity contribution is 0.0999. The number of rotatable bonds is 5. The summed E-state index contributed by atoms with van der Waals surface area (Å²) < 4.78 is 0. The molecule has 0 saturated carbocycles. The number of nitrogens with zero attached hydrogens (tertiary/aromatic N) is 1. The highest BCUT2D eigenvalue weighted by Gasteiger charge is 2.09. The van der Waals surface area contributed by atoms with Gasteiger partial charge in [0, 0.05) is 22.2 Å². The molecule has 19 heavy (non-hydrogen) atoms. The first-order valence-electron chi connectivity index (χ1n) is 5.42. The van der Waals surface area contributed by atoms with Gasteiger partial charge in [-0.25, -0.2) is 4.98 Å². The standard InChI is InChI=1S/C12H12N4O2S/c13-11(17)7-1-8(12(14)18)3-9(2-7)15-4-10-5-19-6-16-10/h1-3,5-6,15H,4H2,(H2,13,17)(H2,14,18). The minimum absolute atomic E-state index is 0.233. The van der Waals surface area contributed by atoms with Gasteiger partial charge in [-0.15, -0.1) is 11.3 Å². The SMILES string of the molecule is NC(=O)c1cc(NCc2cscn2)cc(C(N)=O)c1. The first kappa shape index (κ1) is 13.0. The average molecular weight is 276 g/mol. The summed E-state index contributed by atoms with van der Waals surface area (Å²) in [4.78, 5) is 26.5. The van der Waals surface area contributed by atoms with Crippen LogP contribution in [-0.2, 0) is 6.54 Å². The predicted molar refractivity (Wildman–Crippen MR) is 72.9 cm³/mol. The number of anilines is 1. The van der Waals surface area contributed by atoms with Crippen molar-refractivity contribution in [3.05, 3.63) is 45.9 Å². The van der Waals surface area contributed by atoms with Crippen LogP contribution in [-0.4, -0.2) is 16.8 Å². The summed E-state index contributed by atoms with van der Waals surface area (Å²) in [5.41, 5.74) is 14.1. The Labute approximate surface area is 113 Å². The fourth-order valence-corrected chi connectivity index (χ4v) is 2.09. The van der Waals surface area contributed by atoms with Crippen molar-refractivity contribution in [2.24, 2.45) is 11.5 Å². The second-order valence-electron chi connectivity index (χ2n) is 3.86. The first-order chi connectivity index (χ1) is 9.06. The van der Waals surface area contributed by atoms with Gasteiger partial charge in [-0.1, -0.05) is 0 Å². The maximum Gasteiger partial charge on any atom is 0.248 e. The lowest BCUT2D eigenvalue weighted by Gasteiger charge is -2.08. The molecule has 0 spiro atoms. The zero-order valence-corrected chi connectivity index (χ0v) is 10.7. The van der Waals surface area contributed by atoms with E-state index in [0.717, 1.165) is 5.69 Å². The van der Waals surface area contributed by atoms with E-state index in [0.29, 0.717) is 12.2 Å². The van der Waals surface area contributed by atoms with Crippen molar-refractivity contribution in [2.75, 3.05) is 5.32 Å². The maximum absolute atomic E-state index is 11.2. The number of thiazole rings is 1. The lowest BCUT2D eigenvalue weighted by atomic mass is 10.1. The van der Waals surface area contributed by atoms with E-state index in [1.807, 2.05) is 5.38 Å². The third-order valence-corrected chi connectivity index (χ3v) is 3.09. The molecule has 0 aliphatic heterocycles. The topological polar surface area (TPSA) is 111 Å². The van der Waals surface area contributed by atoms with E-state index < -0.39 is 11.8 Å². The number of benzene rings is 1. The minimum atomic E-state index is -0.611. The van der Waals surface area contributed by atoms with E-state index >= 15 is 0 Å². The molecule has 1 aromatic heterocycles. The monoisotopic (exact) mass is 276 g/mol. The van der Waals surface area contributed by atoms with E-state index in [2.05, 4.69) is 10.3 Å². The van der Waals surface area contributed by atoms with Gasteiger partial charge in [0.15, 0.2) is 0 Å². The number of hydrogen-bond donors (Lipinski definition) is 3. The van der Waals surface area contributed by atoms with Crippen molar-refractivity contribution in [3.63, 3.8) is 0 Å². The fraction of sp³-hybridized carbons (Fsp3) is 0.0833. The summed E-state index contributed by atoms with van der Waals surface area (Å²) >= 11 is 1.49. The molecule has 1 heterocycles. The predicted octanol–water partition coefficient (Wildman–Crippen LogP) is 0.953. The van der Waals surface area contributed by atoms with E-state index in [1.165, 1.54) is 17.4 Å². The summed E-state index contributed by atoms with van der Waals surface area (Å²) in [6.45, 7) is 0.490. The minimum Gasteiger partial charge on any atom is -0.379 e. The average Bonchev–Trinajstić information content (AvgIpc) is 2.89. The van der Waals surface area contributed by atoms with Crippen LogP contribution in [0, 0.1) is 0 Å². The molecule has 7 heteroatoms. The van der Waals surface area contributed by atoms with Gasteiger partial charge in [-0.2, -0.15) is 0 Å². The molecule has 98 valence electrons. The molecule has 6 nitrogen and oxygen atoms in total. The van der Waals surface area contributed by atoms with Gasteiger partial charge < -0.3 is 16.8 Å². The molecule has 2 rings (SSSR count). The van der Waals surface area contributed by atoms with Gasteiger partial charge in [0.1, 0.15) is 0 Å². The molecule has 2 aromatic rings. The van der Waals surface area contributed by atoms with Crippen LogP contribution in [0.3, 0.4) is 0 Å². The zero-order chi connectivity index (χ0) is 13.8. The molecule has 0 aliphatic rings. The number of carbonyl (C=O) groups excluding carboxylic acids is 2. The van der Waals surface area contributed by atoms with Gasteiger partial charge in [0.05, 0.1) is 17.7 Å². The van der Waals surface area contributed by atoms with Gasteiger partial charge in [-0.05, 0) is 18.2 Å². The summed E-state index contributed by atoms with van der Waals surface area (Å²) in [5.74, 6) is -1.22. The second kappa shape index (κ2) is 5.49. The van der Waals surface area contributed by atoms with Gasteiger partial charge in [0.2, 0.25) is 11.8 Å². The number of aromatic nitrogens is 1. The van der Waals surface area contributed by atoms with Crippen LogP contribution in [0.5, 0.6) is 0 Å². The van der Waals surface area contributed by atoms with Crippen LogP contribution in [0.1, 0.15) is 26.4 Å². The van der Waals surface area contributed by atoms with Crippen LogP contribution in [0.2, 0.25) is 0 Å². The number of amides is 2. The van der Waals surface area contributed by atoms with Crippen LogP contribution in [0.15, 0.2) is 29.1 Å². The van der Waals surface area contributed by atoms with Gasteiger partial charge >= 0.3 is 0 Å². The van der Waals surface area contributed by atoms with Crippen molar-refractivity contribution < 1.29 is 9.59 Å². The normalized spacial score (nSPS) is 10.1. The molecule has 1 aromatic carbocycles. The molecular formula is C12H12N4O2S. The molecule has 0 atom stereocenters. The maximum atomic E-state index is 11.2. The van der Waals surface area contributed by atoms with Crippen LogP contribution in [0.4, 0.5) is 5.69 Å². The molecular weight excluding hydrogens is 264 g/mol. The Kier molecular flexibility index (Phi) is 3.76. The Bertz CT molecular complexity index is 578. The van der Waals surface area contributed by atoms with Crippen molar-refractivity contribution in [2.45, 2.75) is 6.54 Å². The number of nitrogens with one attached hydrogen (secondary N) is 1.